The van der Waals surface area contributed by atoms with Crippen LogP contribution in [0, 0.1) is 5.82 Å². The van der Waals surface area contributed by atoms with Crippen molar-refractivity contribution in [1.82, 2.24) is 5.32 Å². The average molecular weight is 321 g/mol. The van der Waals surface area contributed by atoms with Gasteiger partial charge in [-0.15, -0.1) is 0 Å². The highest BCUT2D eigenvalue weighted by Crippen LogP contribution is 2.29. The molecule has 1 aliphatic rings. The lowest BCUT2D eigenvalue weighted by molar-refractivity contribution is 0.0444. The second kappa shape index (κ2) is 5.66. The molecule has 1 amide bonds. The standard InChI is InChI=1S/C16H16FNO5/c17-9-5-10-11(19)7-13(23-14(10)12(20)6-9)15(21)18-8-16(22)3-1-2-4-16/h5-7,20,22H,1-4,8H2,(H,18,21). The van der Waals surface area contributed by atoms with Crippen LogP contribution in [0.5, 0.6) is 5.75 Å². The summed E-state index contributed by atoms with van der Waals surface area (Å²) in [6, 6.07) is 2.67. The molecule has 1 aliphatic carbocycles. The zero-order valence-corrected chi connectivity index (χ0v) is 12.3. The normalized spacial score (nSPS) is 16.6. The van der Waals surface area contributed by atoms with E-state index >= 15 is 0 Å². The molecule has 0 spiro atoms. The molecule has 7 heteroatoms. The first kappa shape index (κ1) is 15.5. The molecule has 6 nitrogen and oxygen atoms in total. The maximum Gasteiger partial charge on any atom is 0.287 e. The molecule has 1 saturated carbocycles. The van der Waals surface area contributed by atoms with Gasteiger partial charge in [0.15, 0.2) is 22.5 Å². The Morgan fingerprint density at radius 2 is 2.00 bits per heavy atom. The summed E-state index contributed by atoms with van der Waals surface area (Å²) in [4.78, 5) is 24.1. The number of carbonyl (C=O) groups excluding carboxylic acids is 1. The Morgan fingerprint density at radius 3 is 2.70 bits per heavy atom. The second-order valence-electron chi connectivity index (χ2n) is 5.89. The summed E-state index contributed by atoms with van der Waals surface area (Å²) in [5.41, 5.74) is -1.81. The summed E-state index contributed by atoms with van der Waals surface area (Å²) in [6.07, 6.45) is 3.01. The first-order chi connectivity index (χ1) is 10.9. The number of aliphatic hydroxyl groups is 1. The largest absolute Gasteiger partial charge is 0.504 e. The van der Waals surface area contributed by atoms with Crippen molar-refractivity contribution in [3.8, 4) is 5.75 Å². The van der Waals surface area contributed by atoms with Gasteiger partial charge in [0, 0.05) is 18.7 Å². The minimum atomic E-state index is -0.932. The Hall–Kier alpha value is -2.41. The quantitative estimate of drug-likeness (QED) is 0.798. The monoisotopic (exact) mass is 321 g/mol. The summed E-state index contributed by atoms with van der Waals surface area (Å²) in [5, 5.41) is 22.3. The van der Waals surface area contributed by atoms with E-state index in [1.165, 1.54) is 0 Å². The van der Waals surface area contributed by atoms with E-state index in [0.29, 0.717) is 12.8 Å². The number of aromatic hydroxyl groups is 1. The molecular weight excluding hydrogens is 305 g/mol. The highest BCUT2D eigenvalue weighted by atomic mass is 19.1. The van der Waals surface area contributed by atoms with Gasteiger partial charge in [-0.25, -0.2) is 4.39 Å². The zero-order chi connectivity index (χ0) is 16.6. The molecule has 1 heterocycles. The molecule has 0 atom stereocenters. The Labute approximate surface area is 130 Å². The minimum absolute atomic E-state index is 0.0585. The second-order valence-corrected chi connectivity index (χ2v) is 5.89. The molecule has 0 saturated heterocycles. The Kier molecular flexibility index (Phi) is 3.81. The number of hydrogen-bond acceptors (Lipinski definition) is 5. The number of hydrogen-bond donors (Lipinski definition) is 3. The van der Waals surface area contributed by atoms with Gasteiger partial charge in [0.05, 0.1) is 11.0 Å². The number of halogens is 1. The van der Waals surface area contributed by atoms with Crippen molar-refractivity contribution in [2.24, 2.45) is 0 Å². The van der Waals surface area contributed by atoms with Crippen molar-refractivity contribution in [3.05, 3.63) is 40.0 Å². The first-order valence-electron chi connectivity index (χ1n) is 7.35. The molecule has 1 fully saturated rings. The maximum absolute atomic E-state index is 13.2. The van der Waals surface area contributed by atoms with Gasteiger partial charge in [0.1, 0.15) is 5.82 Å². The summed E-state index contributed by atoms with van der Waals surface area (Å²) in [7, 11) is 0. The molecule has 23 heavy (non-hydrogen) atoms. The van der Waals surface area contributed by atoms with Crippen LogP contribution < -0.4 is 10.7 Å². The lowest BCUT2D eigenvalue weighted by Gasteiger charge is -2.22. The number of fused-ring (bicyclic) bond motifs is 1. The van der Waals surface area contributed by atoms with Crippen molar-refractivity contribution < 1.29 is 23.8 Å². The van der Waals surface area contributed by atoms with Gasteiger partial charge in [-0.1, -0.05) is 12.8 Å². The number of rotatable bonds is 3. The van der Waals surface area contributed by atoms with Crippen LogP contribution in [-0.4, -0.2) is 28.3 Å². The number of benzene rings is 1. The Balaban J connectivity index is 1.88. The van der Waals surface area contributed by atoms with Gasteiger partial charge >= 0.3 is 0 Å². The third-order valence-electron chi connectivity index (χ3n) is 4.11. The summed E-state index contributed by atoms with van der Waals surface area (Å²) < 4.78 is 18.5. The molecule has 1 aromatic carbocycles. The molecule has 0 unspecified atom stereocenters. The molecule has 1 aromatic heterocycles. The topological polar surface area (TPSA) is 99.8 Å². The average Bonchev–Trinajstić information content (AvgIpc) is 2.93. The van der Waals surface area contributed by atoms with Crippen LogP contribution in [0.1, 0.15) is 36.2 Å². The summed E-state index contributed by atoms with van der Waals surface area (Å²) >= 11 is 0. The van der Waals surface area contributed by atoms with Crippen molar-refractivity contribution in [2.75, 3.05) is 6.54 Å². The number of carbonyl (C=O) groups is 1. The van der Waals surface area contributed by atoms with Crippen molar-refractivity contribution in [1.29, 1.82) is 0 Å². The molecule has 0 aliphatic heterocycles. The van der Waals surface area contributed by atoms with Gasteiger partial charge < -0.3 is 19.9 Å². The molecule has 2 aromatic rings. The lowest BCUT2D eigenvalue weighted by atomic mass is 10.0. The van der Waals surface area contributed by atoms with E-state index in [1.54, 1.807) is 0 Å². The van der Waals surface area contributed by atoms with Crippen LogP contribution in [0.2, 0.25) is 0 Å². The Morgan fingerprint density at radius 1 is 1.30 bits per heavy atom. The van der Waals surface area contributed by atoms with Crippen LogP contribution in [0.4, 0.5) is 4.39 Å². The molecular formula is C16H16FNO5. The van der Waals surface area contributed by atoms with Crippen LogP contribution in [0.25, 0.3) is 11.0 Å². The number of phenols is 1. The van der Waals surface area contributed by atoms with E-state index in [-0.39, 0.29) is 23.3 Å². The van der Waals surface area contributed by atoms with Crippen LogP contribution in [-0.2, 0) is 0 Å². The van der Waals surface area contributed by atoms with Gasteiger partial charge in [0.2, 0.25) is 0 Å². The smallest absolute Gasteiger partial charge is 0.287 e. The highest BCUT2D eigenvalue weighted by Gasteiger charge is 2.31. The SMILES string of the molecule is O=C(NCC1(O)CCCC1)c1cc(=O)c2cc(F)cc(O)c2o1. The predicted molar refractivity (Wildman–Crippen MR) is 79.9 cm³/mol. The van der Waals surface area contributed by atoms with E-state index in [9.17, 15) is 24.2 Å². The Bertz CT molecular complexity index is 823. The van der Waals surface area contributed by atoms with Crippen molar-refractivity contribution in [3.63, 3.8) is 0 Å². The third-order valence-corrected chi connectivity index (χ3v) is 4.11. The van der Waals surface area contributed by atoms with Crippen LogP contribution >= 0.6 is 0 Å². The molecule has 122 valence electrons. The van der Waals surface area contributed by atoms with Crippen LogP contribution in [0.15, 0.2) is 27.4 Å². The van der Waals surface area contributed by atoms with Crippen molar-refractivity contribution in [2.45, 2.75) is 31.3 Å². The fourth-order valence-corrected chi connectivity index (χ4v) is 2.86. The highest BCUT2D eigenvalue weighted by molar-refractivity contribution is 5.93. The number of amides is 1. The third kappa shape index (κ3) is 3.05. The number of nitrogens with one attached hydrogen (secondary N) is 1. The molecule has 0 radical (unpaired) electrons. The first-order valence-corrected chi connectivity index (χ1v) is 7.35. The van der Waals surface area contributed by atoms with Gasteiger partial charge in [-0.2, -0.15) is 0 Å². The van der Waals surface area contributed by atoms with Crippen LogP contribution in [0.3, 0.4) is 0 Å². The van der Waals surface area contributed by atoms with E-state index in [2.05, 4.69) is 5.32 Å². The fraction of sp³-hybridized carbons (Fsp3) is 0.375. The van der Waals surface area contributed by atoms with Gasteiger partial charge in [-0.05, 0) is 18.9 Å². The lowest BCUT2D eigenvalue weighted by Crippen LogP contribution is -2.40. The summed E-state index contributed by atoms with van der Waals surface area (Å²) in [5.74, 6) is -2.30. The van der Waals surface area contributed by atoms with Gasteiger partial charge in [0.25, 0.3) is 5.91 Å². The molecule has 0 bridgehead atoms. The van der Waals surface area contributed by atoms with E-state index in [4.69, 9.17) is 4.42 Å². The molecule has 3 rings (SSSR count). The number of phenolic OH excluding ortho intramolecular Hbond substituents is 1. The fourth-order valence-electron chi connectivity index (χ4n) is 2.86. The van der Waals surface area contributed by atoms with E-state index in [0.717, 1.165) is 31.0 Å². The summed E-state index contributed by atoms with van der Waals surface area (Å²) in [6.45, 7) is 0.0585. The molecule has 3 N–H and O–H groups in total. The van der Waals surface area contributed by atoms with Gasteiger partial charge in [-0.3, -0.25) is 9.59 Å². The minimum Gasteiger partial charge on any atom is -0.504 e. The van der Waals surface area contributed by atoms with E-state index in [1.807, 2.05) is 0 Å². The van der Waals surface area contributed by atoms with E-state index < -0.39 is 28.5 Å². The van der Waals surface area contributed by atoms with Crippen molar-refractivity contribution >= 4 is 16.9 Å². The maximum atomic E-state index is 13.2. The predicted octanol–water partition coefficient (Wildman–Crippen LogP) is 1.67. The zero-order valence-electron chi connectivity index (χ0n) is 12.3.